The van der Waals surface area contributed by atoms with Gasteiger partial charge in [0.05, 0.1) is 0 Å². The van der Waals surface area contributed by atoms with Crippen molar-refractivity contribution in [1.29, 1.82) is 0 Å². The third-order valence-electron chi connectivity index (χ3n) is 3.41. The lowest BCUT2D eigenvalue weighted by Crippen LogP contribution is -2.59. The Morgan fingerprint density at radius 3 is 2.43 bits per heavy atom. The first-order valence-corrected chi connectivity index (χ1v) is 6.97. The van der Waals surface area contributed by atoms with Crippen molar-refractivity contribution < 1.29 is 24.6 Å². The maximum absolute atomic E-state index is 12.2. The minimum atomic E-state index is -1.17. The fraction of sp³-hybridized carbons (Fsp3) is 0.769. The zero-order valence-corrected chi connectivity index (χ0v) is 12.5. The number of aliphatic hydroxyl groups is 1. The van der Waals surface area contributed by atoms with Crippen LogP contribution in [0.2, 0.25) is 0 Å². The van der Waals surface area contributed by atoms with E-state index in [4.69, 9.17) is 5.11 Å². The van der Waals surface area contributed by atoms with Gasteiger partial charge in [-0.15, -0.1) is 0 Å². The third kappa shape index (κ3) is 4.68. The first kappa shape index (κ1) is 17.4. The number of nitrogens with zero attached hydrogens (tertiary/aromatic N) is 1. The van der Waals surface area contributed by atoms with Gasteiger partial charge in [-0.05, 0) is 12.8 Å². The number of piperazine rings is 1. The number of nitrogens with one attached hydrogen (secondary N) is 2. The molecule has 0 radical (unpaired) electrons. The lowest BCUT2D eigenvalue weighted by Gasteiger charge is -2.33. The first-order valence-electron chi connectivity index (χ1n) is 6.97. The van der Waals surface area contributed by atoms with Crippen LogP contribution in [0.15, 0.2) is 0 Å². The number of hydrogen-bond acceptors (Lipinski definition) is 5. The molecule has 2 amide bonds. The van der Waals surface area contributed by atoms with E-state index >= 15 is 0 Å². The zero-order valence-electron chi connectivity index (χ0n) is 12.5. The van der Waals surface area contributed by atoms with Crippen LogP contribution in [0.4, 0.5) is 0 Å². The smallest absolute Gasteiger partial charge is 0.322 e. The summed E-state index contributed by atoms with van der Waals surface area (Å²) in [6.45, 7) is 5.74. The van der Waals surface area contributed by atoms with Crippen molar-refractivity contribution in [2.75, 3.05) is 19.6 Å². The predicted molar refractivity (Wildman–Crippen MR) is 74.5 cm³/mol. The molecule has 0 saturated carbocycles. The predicted octanol–water partition coefficient (Wildman–Crippen LogP) is -1.61. The number of aliphatic carboxylic acids is 1. The Labute approximate surface area is 123 Å². The number of carboxylic acid groups (broad SMARTS) is 1. The highest BCUT2D eigenvalue weighted by Gasteiger charge is 2.31. The van der Waals surface area contributed by atoms with E-state index < -0.39 is 30.1 Å². The van der Waals surface area contributed by atoms with Gasteiger partial charge in [-0.3, -0.25) is 14.4 Å². The Balaban J connectivity index is 2.57. The number of hydrogen-bond donors (Lipinski definition) is 4. The Bertz CT molecular complexity index is 413. The average Bonchev–Trinajstić information content (AvgIpc) is 2.45. The standard InChI is InChI=1S/C13H23N3O5/c1-7(2)10(17)11(18)15-8(3)12(19)16-5-4-14-9(6-16)13(20)21/h7-10,14,17H,4-6H2,1-3H3,(H,15,18)(H,20,21)/t8-,9-,10-/m0/s1. The molecular formula is C13H23N3O5. The number of carbonyl (C=O) groups is 3. The molecule has 1 rings (SSSR count). The van der Waals surface area contributed by atoms with Gasteiger partial charge in [0.15, 0.2) is 0 Å². The van der Waals surface area contributed by atoms with Crippen LogP contribution in [-0.4, -0.2) is 70.7 Å². The van der Waals surface area contributed by atoms with Crippen molar-refractivity contribution in [3.63, 3.8) is 0 Å². The summed E-state index contributed by atoms with van der Waals surface area (Å²) in [5, 5.41) is 23.8. The van der Waals surface area contributed by atoms with E-state index in [2.05, 4.69) is 10.6 Å². The number of carbonyl (C=O) groups excluding carboxylic acids is 2. The van der Waals surface area contributed by atoms with Gasteiger partial charge in [0.2, 0.25) is 11.8 Å². The van der Waals surface area contributed by atoms with Crippen molar-refractivity contribution in [1.82, 2.24) is 15.5 Å². The van der Waals surface area contributed by atoms with Gasteiger partial charge in [-0.2, -0.15) is 0 Å². The summed E-state index contributed by atoms with van der Waals surface area (Å²) in [5.74, 6) is -2.22. The first-order chi connectivity index (χ1) is 9.73. The molecule has 0 unspecified atom stereocenters. The molecule has 0 aliphatic carbocycles. The molecule has 1 aliphatic heterocycles. The molecule has 1 saturated heterocycles. The van der Waals surface area contributed by atoms with E-state index in [1.807, 2.05) is 0 Å². The maximum atomic E-state index is 12.2. The third-order valence-corrected chi connectivity index (χ3v) is 3.41. The Morgan fingerprint density at radius 1 is 1.29 bits per heavy atom. The minimum absolute atomic E-state index is 0.0567. The molecule has 21 heavy (non-hydrogen) atoms. The highest BCUT2D eigenvalue weighted by Crippen LogP contribution is 2.05. The molecule has 1 aliphatic rings. The minimum Gasteiger partial charge on any atom is -0.480 e. The van der Waals surface area contributed by atoms with Gasteiger partial charge in [0, 0.05) is 19.6 Å². The summed E-state index contributed by atoms with van der Waals surface area (Å²) >= 11 is 0. The van der Waals surface area contributed by atoms with Crippen molar-refractivity contribution in [3.05, 3.63) is 0 Å². The molecule has 0 aromatic heterocycles. The van der Waals surface area contributed by atoms with Crippen molar-refractivity contribution >= 4 is 17.8 Å². The summed E-state index contributed by atoms with van der Waals surface area (Å²) in [7, 11) is 0. The molecule has 120 valence electrons. The summed E-state index contributed by atoms with van der Waals surface area (Å²) in [5.41, 5.74) is 0. The van der Waals surface area contributed by atoms with Crippen LogP contribution < -0.4 is 10.6 Å². The molecule has 0 spiro atoms. The lowest BCUT2D eigenvalue weighted by atomic mass is 10.1. The molecule has 8 nitrogen and oxygen atoms in total. The van der Waals surface area contributed by atoms with Crippen LogP contribution in [0.25, 0.3) is 0 Å². The van der Waals surface area contributed by atoms with E-state index in [-0.39, 0.29) is 18.4 Å². The monoisotopic (exact) mass is 301 g/mol. The molecule has 1 heterocycles. The molecule has 4 N–H and O–H groups in total. The van der Waals surface area contributed by atoms with E-state index in [9.17, 15) is 19.5 Å². The molecule has 0 aromatic carbocycles. The van der Waals surface area contributed by atoms with Crippen LogP contribution in [0.3, 0.4) is 0 Å². The number of rotatable bonds is 5. The highest BCUT2D eigenvalue weighted by molar-refractivity contribution is 5.89. The van der Waals surface area contributed by atoms with Gasteiger partial charge in [-0.1, -0.05) is 13.8 Å². The average molecular weight is 301 g/mol. The quantitative estimate of drug-likeness (QED) is 0.485. The number of aliphatic hydroxyl groups excluding tert-OH is 1. The maximum Gasteiger partial charge on any atom is 0.322 e. The zero-order chi connectivity index (χ0) is 16.2. The van der Waals surface area contributed by atoms with Crippen LogP contribution in [-0.2, 0) is 14.4 Å². The largest absolute Gasteiger partial charge is 0.480 e. The van der Waals surface area contributed by atoms with Crippen molar-refractivity contribution in [2.24, 2.45) is 5.92 Å². The Kier molecular flexibility index (Phi) is 6.10. The summed E-state index contributed by atoms with van der Waals surface area (Å²) < 4.78 is 0. The molecular weight excluding hydrogens is 278 g/mol. The van der Waals surface area contributed by atoms with Gasteiger partial charge >= 0.3 is 5.97 Å². The second kappa shape index (κ2) is 7.37. The molecule has 0 aromatic rings. The van der Waals surface area contributed by atoms with E-state index in [0.29, 0.717) is 13.1 Å². The molecule has 0 bridgehead atoms. The lowest BCUT2D eigenvalue weighted by molar-refractivity contribution is -0.144. The molecule has 8 heteroatoms. The number of carboxylic acids is 1. The Hall–Kier alpha value is -1.67. The van der Waals surface area contributed by atoms with Gasteiger partial charge in [0.25, 0.3) is 0 Å². The van der Waals surface area contributed by atoms with Crippen LogP contribution in [0, 0.1) is 5.92 Å². The van der Waals surface area contributed by atoms with E-state index in [1.165, 1.54) is 11.8 Å². The van der Waals surface area contributed by atoms with E-state index in [0.717, 1.165) is 0 Å². The SMILES string of the molecule is CC(C)[C@H](O)C(=O)N[C@@H](C)C(=O)N1CCN[C@H](C(=O)O)C1. The van der Waals surface area contributed by atoms with Crippen LogP contribution in [0.5, 0.6) is 0 Å². The van der Waals surface area contributed by atoms with Gasteiger partial charge in [-0.25, -0.2) is 0 Å². The van der Waals surface area contributed by atoms with Gasteiger partial charge in [0.1, 0.15) is 18.2 Å². The van der Waals surface area contributed by atoms with Crippen molar-refractivity contribution in [2.45, 2.75) is 39.0 Å². The summed E-state index contributed by atoms with van der Waals surface area (Å²) in [4.78, 5) is 36.3. The Morgan fingerprint density at radius 2 is 1.90 bits per heavy atom. The van der Waals surface area contributed by atoms with Gasteiger partial charge < -0.3 is 25.7 Å². The summed E-state index contributed by atoms with van der Waals surface area (Å²) in [6, 6.07) is -1.61. The van der Waals surface area contributed by atoms with Crippen molar-refractivity contribution in [3.8, 4) is 0 Å². The number of amides is 2. The molecule has 3 atom stereocenters. The second-order valence-electron chi connectivity index (χ2n) is 5.55. The fourth-order valence-corrected chi connectivity index (χ4v) is 2.05. The van der Waals surface area contributed by atoms with Crippen LogP contribution >= 0.6 is 0 Å². The topological polar surface area (TPSA) is 119 Å². The fourth-order valence-electron chi connectivity index (χ4n) is 2.05. The second-order valence-corrected chi connectivity index (χ2v) is 5.55. The normalized spacial score (nSPS) is 21.8. The molecule has 1 fully saturated rings. The summed E-state index contributed by atoms with van der Waals surface area (Å²) in [6.07, 6.45) is -1.17. The van der Waals surface area contributed by atoms with Crippen LogP contribution in [0.1, 0.15) is 20.8 Å². The highest BCUT2D eigenvalue weighted by atomic mass is 16.4. The van der Waals surface area contributed by atoms with E-state index in [1.54, 1.807) is 13.8 Å².